The Morgan fingerprint density at radius 2 is 2.25 bits per heavy atom. The summed E-state index contributed by atoms with van der Waals surface area (Å²) in [4.78, 5) is 14.0. The quantitative estimate of drug-likeness (QED) is 0.901. The Balaban J connectivity index is 2.22. The smallest absolute Gasteiger partial charge is 0.240 e. The molecule has 106 valence electrons. The summed E-state index contributed by atoms with van der Waals surface area (Å²) >= 11 is 0. The second kappa shape index (κ2) is 5.51. The lowest BCUT2D eigenvalue weighted by Gasteiger charge is -2.41. The highest BCUT2D eigenvalue weighted by molar-refractivity contribution is 5.86. The van der Waals surface area contributed by atoms with Crippen molar-refractivity contribution in [1.82, 2.24) is 10.2 Å². The third kappa shape index (κ3) is 2.61. The number of nitriles is 1. The maximum absolute atomic E-state index is 11.9. The first-order valence-corrected chi connectivity index (χ1v) is 6.59. The number of benzene rings is 1. The van der Waals surface area contributed by atoms with Crippen molar-refractivity contribution in [3.63, 3.8) is 0 Å². The molecular formula is C15H19N3O2. The summed E-state index contributed by atoms with van der Waals surface area (Å²) in [6.45, 7) is 5.92. The average molecular weight is 273 g/mol. The topological polar surface area (TPSA) is 65.4 Å². The molecule has 0 unspecified atom stereocenters. The van der Waals surface area contributed by atoms with E-state index in [1.54, 1.807) is 13.2 Å². The molecule has 0 aromatic heterocycles. The second-order valence-corrected chi connectivity index (χ2v) is 5.38. The lowest BCUT2D eigenvalue weighted by Crippen LogP contribution is -2.61. The number of carbonyl (C=O) groups is 1. The van der Waals surface area contributed by atoms with Crippen molar-refractivity contribution in [3.05, 3.63) is 29.3 Å². The first-order valence-electron chi connectivity index (χ1n) is 6.59. The minimum atomic E-state index is -0.537. The van der Waals surface area contributed by atoms with Crippen LogP contribution in [-0.4, -0.2) is 36.5 Å². The van der Waals surface area contributed by atoms with Crippen molar-refractivity contribution in [2.75, 3.05) is 20.2 Å². The van der Waals surface area contributed by atoms with E-state index in [2.05, 4.69) is 16.3 Å². The molecule has 1 saturated heterocycles. The van der Waals surface area contributed by atoms with Gasteiger partial charge in [0.25, 0.3) is 0 Å². The highest BCUT2D eigenvalue weighted by Crippen LogP contribution is 2.24. The number of nitrogens with zero attached hydrogens (tertiary/aromatic N) is 2. The SMILES string of the molecule is COc1ccc(CN2CCNC(=O)C2(C)C)cc1C#N. The average Bonchev–Trinajstić information content (AvgIpc) is 2.44. The zero-order chi connectivity index (χ0) is 14.8. The fraction of sp³-hybridized carbons (Fsp3) is 0.467. The zero-order valence-corrected chi connectivity index (χ0v) is 12.1. The van der Waals surface area contributed by atoms with E-state index < -0.39 is 5.54 Å². The number of nitrogens with one attached hydrogen (secondary N) is 1. The van der Waals surface area contributed by atoms with Gasteiger partial charge in [0.15, 0.2) is 0 Å². The molecule has 2 rings (SSSR count). The molecule has 1 heterocycles. The van der Waals surface area contributed by atoms with Gasteiger partial charge >= 0.3 is 0 Å². The van der Waals surface area contributed by atoms with Gasteiger partial charge in [-0.25, -0.2) is 0 Å². The van der Waals surface area contributed by atoms with Gasteiger partial charge in [0.2, 0.25) is 5.91 Å². The molecule has 1 N–H and O–H groups in total. The van der Waals surface area contributed by atoms with Crippen molar-refractivity contribution in [3.8, 4) is 11.8 Å². The predicted molar refractivity (Wildman–Crippen MR) is 75.2 cm³/mol. The molecule has 0 saturated carbocycles. The fourth-order valence-corrected chi connectivity index (χ4v) is 2.38. The maximum Gasteiger partial charge on any atom is 0.240 e. The molecule has 20 heavy (non-hydrogen) atoms. The number of piperazine rings is 1. The van der Waals surface area contributed by atoms with E-state index >= 15 is 0 Å². The summed E-state index contributed by atoms with van der Waals surface area (Å²) < 4.78 is 5.14. The van der Waals surface area contributed by atoms with Crippen LogP contribution in [0, 0.1) is 11.3 Å². The molecule has 1 aromatic carbocycles. The van der Waals surface area contributed by atoms with Crippen LogP contribution in [-0.2, 0) is 11.3 Å². The molecule has 1 fully saturated rings. The summed E-state index contributed by atoms with van der Waals surface area (Å²) in [7, 11) is 1.55. The first kappa shape index (κ1) is 14.4. The molecule has 5 heteroatoms. The maximum atomic E-state index is 11.9. The molecule has 0 spiro atoms. The monoisotopic (exact) mass is 273 g/mol. The van der Waals surface area contributed by atoms with Gasteiger partial charge in [-0.1, -0.05) is 6.07 Å². The highest BCUT2D eigenvalue weighted by Gasteiger charge is 2.37. The van der Waals surface area contributed by atoms with Crippen LogP contribution in [0.2, 0.25) is 0 Å². The zero-order valence-electron chi connectivity index (χ0n) is 12.1. The lowest BCUT2D eigenvalue weighted by atomic mass is 9.97. The van der Waals surface area contributed by atoms with Gasteiger partial charge in [-0.2, -0.15) is 5.26 Å². The van der Waals surface area contributed by atoms with Crippen molar-refractivity contribution in [1.29, 1.82) is 5.26 Å². The third-order valence-corrected chi connectivity index (χ3v) is 3.77. The third-order valence-electron chi connectivity index (χ3n) is 3.77. The minimum Gasteiger partial charge on any atom is -0.495 e. The Labute approximate surface area is 119 Å². The van der Waals surface area contributed by atoms with Crippen molar-refractivity contribution in [2.24, 2.45) is 0 Å². The van der Waals surface area contributed by atoms with Crippen LogP contribution in [0.15, 0.2) is 18.2 Å². The molecule has 0 aliphatic carbocycles. The Hall–Kier alpha value is -2.06. The Kier molecular flexibility index (Phi) is 3.96. The van der Waals surface area contributed by atoms with E-state index in [4.69, 9.17) is 10.00 Å². The Bertz CT molecular complexity index is 561. The van der Waals surface area contributed by atoms with Crippen LogP contribution in [0.5, 0.6) is 5.75 Å². The number of ether oxygens (including phenoxy) is 1. The van der Waals surface area contributed by atoms with Crippen molar-refractivity contribution < 1.29 is 9.53 Å². The van der Waals surface area contributed by atoms with Gasteiger partial charge < -0.3 is 10.1 Å². The van der Waals surface area contributed by atoms with E-state index in [0.717, 1.165) is 12.1 Å². The molecular weight excluding hydrogens is 254 g/mol. The van der Waals surface area contributed by atoms with Gasteiger partial charge in [0.05, 0.1) is 18.2 Å². The molecule has 5 nitrogen and oxygen atoms in total. The number of methoxy groups -OCH3 is 1. The predicted octanol–water partition coefficient (Wildman–Crippen LogP) is 1.28. The Morgan fingerprint density at radius 3 is 2.90 bits per heavy atom. The Morgan fingerprint density at radius 1 is 1.50 bits per heavy atom. The van der Waals surface area contributed by atoms with Gasteiger partial charge in [0.1, 0.15) is 11.8 Å². The number of amides is 1. The van der Waals surface area contributed by atoms with Gasteiger partial charge in [-0.15, -0.1) is 0 Å². The molecule has 1 aliphatic rings. The van der Waals surface area contributed by atoms with Crippen molar-refractivity contribution in [2.45, 2.75) is 25.9 Å². The summed E-state index contributed by atoms with van der Waals surface area (Å²) in [5.41, 5.74) is 0.986. The summed E-state index contributed by atoms with van der Waals surface area (Å²) in [5.74, 6) is 0.615. The van der Waals surface area contributed by atoms with Crippen LogP contribution in [0.3, 0.4) is 0 Å². The summed E-state index contributed by atoms with van der Waals surface area (Å²) in [6, 6.07) is 7.68. The standard InChI is InChI=1S/C15H19N3O2/c1-15(2)14(19)17-6-7-18(15)10-11-4-5-13(20-3)12(8-11)9-16/h4-5,8H,6-7,10H2,1-3H3,(H,17,19). The van der Waals surface area contributed by atoms with Crippen LogP contribution in [0.1, 0.15) is 25.0 Å². The van der Waals surface area contributed by atoms with Gasteiger partial charge in [-0.05, 0) is 31.5 Å². The lowest BCUT2D eigenvalue weighted by molar-refractivity contribution is -0.135. The fourth-order valence-electron chi connectivity index (χ4n) is 2.38. The van der Waals surface area contributed by atoms with Crippen LogP contribution >= 0.6 is 0 Å². The van der Waals surface area contributed by atoms with Crippen LogP contribution in [0.4, 0.5) is 0 Å². The number of hydrogen-bond donors (Lipinski definition) is 1. The summed E-state index contributed by atoms with van der Waals surface area (Å²) in [6.07, 6.45) is 0. The molecule has 1 amide bonds. The van der Waals surface area contributed by atoms with E-state index in [1.807, 2.05) is 26.0 Å². The first-order chi connectivity index (χ1) is 9.48. The minimum absolute atomic E-state index is 0.0396. The van der Waals surface area contributed by atoms with Gasteiger partial charge in [0, 0.05) is 19.6 Å². The van der Waals surface area contributed by atoms with E-state index in [1.165, 1.54) is 0 Å². The summed E-state index contributed by atoms with van der Waals surface area (Å²) in [5, 5.41) is 12.0. The number of hydrogen-bond acceptors (Lipinski definition) is 4. The number of carbonyl (C=O) groups excluding carboxylic acids is 1. The van der Waals surface area contributed by atoms with Crippen LogP contribution < -0.4 is 10.1 Å². The molecule has 1 aliphatic heterocycles. The highest BCUT2D eigenvalue weighted by atomic mass is 16.5. The van der Waals surface area contributed by atoms with E-state index in [0.29, 0.717) is 24.4 Å². The van der Waals surface area contributed by atoms with Crippen molar-refractivity contribution >= 4 is 5.91 Å². The second-order valence-electron chi connectivity index (χ2n) is 5.38. The number of rotatable bonds is 3. The molecule has 0 radical (unpaired) electrons. The van der Waals surface area contributed by atoms with Crippen LogP contribution in [0.25, 0.3) is 0 Å². The normalized spacial score (nSPS) is 18.2. The largest absolute Gasteiger partial charge is 0.495 e. The molecule has 1 aromatic rings. The van der Waals surface area contributed by atoms with E-state index in [9.17, 15) is 4.79 Å². The van der Waals surface area contributed by atoms with E-state index in [-0.39, 0.29) is 5.91 Å². The molecule has 0 bridgehead atoms. The molecule has 0 atom stereocenters. The van der Waals surface area contributed by atoms with Gasteiger partial charge in [-0.3, -0.25) is 9.69 Å².